The first-order valence-corrected chi connectivity index (χ1v) is 9.62. The Morgan fingerprint density at radius 2 is 1.85 bits per heavy atom. The highest BCUT2D eigenvalue weighted by atomic mass is 16.4. The molecule has 27 heavy (non-hydrogen) atoms. The van der Waals surface area contributed by atoms with E-state index in [1.165, 1.54) is 5.56 Å². The summed E-state index contributed by atoms with van der Waals surface area (Å²) in [7, 11) is 0. The van der Waals surface area contributed by atoms with Crippen molar-refractivity contribution in [3.63, 3.8) is 0 Å². The van der Waals surface area contributed by atoms with Crippen LogP contribution in [0.15, 0.2) is 42.5 Å². The normalized spacial score (nSPS) is 22.3. The van der Waals surface area contributed by atoms with Crippen molar-refractivity contribution in [1.82, 2.24) is 5.32 Å². The highest BCUT2D eigenvalue weighted by Crippen LogP contribution is 2.63. The van der Waals surface area contributed by atoms with Crippen molar-refractivity contribution >= 4 is 12.4 Å². The Hall–Kier alpha value is -2.62. The summed E-state index contributed by atoms with van der Waals surface area (Å²) in [5.41, 5.74) is 4.08. The van der Waals surface area contributed by atoms with E-state index in [0.29, 0.717) is 5.92 Å². The molecule has 1 fully saturated rings. The fourth-order valence-corrected chi connectivity index (χ4v) is 4.68. The molecule has 1 saturated carbocycles. The summed E-state index contributed by atoms with van der Waals surface area (Å²) in [6.07, 6.45) is 3.19. The molecule has 2 aliphatic rings. The second-order valence-electron chi connectivity index (χ2n) is 8.29. The molecular formula is C23H25NO3. The van der Waals surface area contributed by atoms with Gasteiger partial charge in [-0.15, -0.1) is 0 Å². The molecule has 4 heteroatoms. The molecule has 0 aromatic heterocycles. The summed E-state index contributed by atoms with van der Waals surface area (Å²) in [6, 6.07) is 14.6. The number of amides is 1. The van der Waals surface area contributed by atoms with Gasteiger partial charge in [0.2, 0.25) is 0 Å². The van der Waals surface area contributed by atoms with E-state index in [4.69, 9.17) is 0 Å². The second-order valence-corrected chi connectivity index (χ2v) is 8.29. The van der Waals surface area contributed by atoms with E-state index in [2.05, 4.69) is 49.5 Å². The number of carboxylic acid groups (broad SMARTS) is 1. The number of fused-ring (bicyclic) bond motifs is 1. The fourth-order valence-electron chi connectivity index (χ4n) is 4.68. The van der Waals surface area contributed by atoms with Gasteiger partial charge in [-0.1, -0.05) is 56.3 Å². The minimum Gasteiger partial charge on any atom is -0.465 e. The van der Waals surface area contributed by atoms with Crippen molar-refractivity contribution in [2.24, 2.45) is 5.41 Å². The number of nitrogens with one attached hydrogen (secondary N) is 1. The zero-order valence-electron chi connectivity index (χ0n) is 15.8. The number of carbonyl (C=O) groups excluding carboxylic acids is 1. The summed E-state index contributed by atoms with van der Waals surface area (Å²) in [5.74, 6) is 0.458. The first-order valence-electron chi connectivity index (χ1n) is 9.62. The lowest BCUT2D eigenvalue weighted by atomic mass is 9.67. The Bertz CT molecular complexity index is 914. The van der Waals surface area contributed by atoms with Crippen LogP contribution in [0.2, 0.25) is 0 Å². The molecule has 2 aromatic carbocycles. The van der Waals surface area contributed by atoms with Gasteiger partial charge in [-0.3, -0.25) is 0 Å². The van der Waals surface area contributed by atoms with Crippen LogP contribution in [0, 0.1) is 5.41 Å². The van der Waals surface area contributed by atoms with Crippen LogP contribution in [0.5, 0.6) is 0 Å². The van der Waals surface area contributed by atoms with E-state index < -0.39 is 11.6 Å². The van der Waals surface area contributed by atoms with Crippen LogP contribution in [0.25, 0.3) is 11.1 Å². The van der Waals surface area contributed by atoms with Crippen LogP contribution in [0.3, 0.4) is 0 Å². The maximum absolute atomic E-state index is 12.2. The second kappa shape index (κ2) is 6.22. The van der Waals surface area contributed by atoms with E-state index >= 15 is 0 Å². The van der Waals surface area contributed by atoms with E-state index in [9.17, 15) is 14.7 Å². The van der Waals surface area contributed by atoms with Crippen LogP contribution >= 0.6 is 0 Å². The molecular weight excluding hydrogens is 338 g/mol. The average molecular weight is 363 g/mol. The van der Waals surface area contributed by atoms with Crippen molar-refractivity contribution in [1.29, 1.82) is 0 Å². The van der Waals surface area contributed by atoms with E-state index in [-0.39, 0.29) is 5.41 Å². The molecule has 0 bridgehead atoms. The molecule has 4 rings (SSSR count). The standard InChI is InChI=1S/C23H25NO3/c1-15(2)16-4-3-5-17(12-16)18-6-7-20-19(13-18)8-9-22(10-11-22)23(20,14-25)24-21(26)27/h3-7,12-15,24H,8-11H2,1-2H3,(H,26,27)/t23-/m1/s1. The molecule has 0 heterocycles. The van der Waals surface area contributed by atoms with Crippen molar-refractivity contribution < 1.29 is 14.7 Å². The smallest absolute Gasteiger partial charge is 0.405 e. The van der Waals surface area contributed by atoms with Crippen molar-refractivity contribution in [2.75, 3.05) is 0 Å². The van der Waals surface area contributed by atoms with Gasteiger partial charge in [0.25, 0.3) is 0 Å². The molecule has 0 saturated heterocycles. The van der Waals surface area contributed by atoms with E-state index in [1.54, 1.807) is 0 Å². The van der Waals surface area contributed by atoms with Gasteiger partial charge in [0.1, 0.15) is 5.54 Å². The lowest BCUT2D eigenvalue weighted by molar-refractivity contribution is -0.116. The summed E-state index contributed by atoms with van der Waals surface area (Å²) < 4.78 is 0. The van der Waals surface area contributed by atoms with Crippen LogP contribution in [0.4, 0.5) is 4.79 Å². The van der Waals surface area contributed by atoms with E-state index in [0.717, 1.165) is 54.2 Å². The molecule has 1 spiro atoms. The number of hydrogen-bond acceptors (Lipinski definition) is 2. The van der Waals surface area contributed by atoms with Gasteiger partial charge in [0, 0.05) is 5.41 Å². The Morgan fingerprint density at radius 3 is 2.48 bits per heavy atom. The van der Waals surface area contributed by atoms with Crippen LogP contribution in [0.1, 0.15) is 55.7 Å². The fraction of sp³-hybridized carbons (Fsp3) is 0.391. The first kappa shape index (κ1) is 17.8. The molecule has 2 aromatic rings. The van der Waals surface area contributed by atoms with Gasteiger partial charge in [0.05, 0.1) is 0 Å². The molecule has 0 unspecified atom stereocenters. The van der Waals surface area contributed by atoms with Crippen molar-refractivity contribution in [3.8, 4) is 11.1 Å². The molecule has 1 amide bonds. The highest BCUT2D eigenvalue weighted by Gasteiger charge is 2.63. The van der Waals surface area contributed by atoms with Gasteiger partial charge in [-0.25, -0.2) is 4.79 Å². The predicted octanol–water partition coefficient (Wildman–Crippen LogP) is 4.87. The third-order valence-corrected chi connectivity index (χ3v) is 6.46. The molecule has 4 nitrogen and oxygen atoms in total. The Morgan fingerprint density at radius 1 is 1.11 bits per heavy atom. The number of hydrogen-bond donors (Lipinski definition) is 2. The summed E-state index contributed by atoms with van der Waals surface area (Å²) in [6.45, 7) is 4.36. The van der Waals surface area contributed by atoms with Crippen LogP contribution in [-0.2, 0) is 16.8 Å². The molecule has 140 valence electrons. The summed E-state index contributed by atoms with van der Waals surface area (Å²) >= 11 is 0. The number of benzene rings is 2. The predicted molar refractivity (Wildman–Crippen MR) is 105 cm³/mol. The minimum atomic E-state index is -1.14. The maximum Gasteiger partial charge on any atom is 0.405 e. The molecule has 0 radical (unpaired) electrons. The number of aldehydes is 1. The minimum absolute atomic E-state index is 0.251. The third kappa shape index (κ3) is 2.75. The zero-order valence-corrected chi connectivity index (χ0v) is 15.8. The van der Waals surface area contributed by atoms with E-state index in [1.807, 2.05) is 12.1 Å². The SMILES string of the molecule is CC(C)c1cccc(-c2ccc3c(c2)CCC2(CC2)[C@]3(C=O)NC(=O)O)c1. The number of rotatable bonds is 4. The molecule has 2 aliphatic carbocycles. The lowest BCUT2D eigenvalue weighted by Gasteiger charge is -2.42. The van der Waals surface area contributed by atoms with Crippen molar-refractivity contribution in [3.05, 3.63) is 59.2 Å². The zero-order chi connectivity index (χ0) is 19.2. The molecule has 0 aliphatic heterocycles. The number of aryl methyl sites for hydroxylation is 1. The van der Waals surface area contributed by atoms with Crippen LogP contribution < -0.4 is 5.32 Å². The topological polar surface area (TPSA) is 66.4 Å². The van der Waals surface area contributed by atoms with Crippen LogP contribution in [-0.4, -0.2) is 17.5 Å². The maximum atomic E-state index is 12.2. The summed E-state index contributed by atoms with van der Waals surface area (Å²) in [4.78, 5) is 23.7. The largest absolute Gasteiger partial charge is 0.465 e. The third-order valence-electron chi connectivity index (χ3n) is 6.46. The quantitative estimate of drug-likeness (QED) is 0.762. The monoisotopic (exact) mass is 363 g/mol. The van der Waals surface area contributed by atoms with Gasteiger partial charge in [-0.05, 0) is 59.4 Å². The van der Waals surface area contributed by atoms with Gasteiger partial charge < -0.3 is 15.2 Å². The van der Waals surface area contributed by atoms with Crippen molar-refractivity contribution in [2.45, 2.75) is 51.0 Å². The Kier molecular flexibility index (Phi) is 4.10. The molecule has 2 N–H and O–H groups in total. The highest BCUT2D eigenvalue weighted by molar-refractivity contribution is 5.81. The Balaban J connectivity index is 1.80. The molecule has 1 atom stereocenters. The Labute approximate surface area is 159 Å². The number of carbonyl (C=O) groups is 2. The lowest BCUT2D eigenvalue weighted by Crippen LogP contribution is -2.55. The van der Waals surface area contributed by atoms with Gasteiger partial charge in [0.15, 0.2) is 6.29 Å². The van der Waals surface area contributed by atoms with Gasteiger partial charge in [-0.2, -0.15) is 0 Å². The average Bonchev–Trinajstić information content (AvgIpc) is 3.45. The first-order chi connectivity index (χ1) is 12.9. The summed E-state index contributed by atoms with van der Waals surface area (Å²) in [5, 5.41) is 12.0. The van der Waals surface area contributed by atoms with Gasteiger partial charge >= 0.3 is 6.09 Å².